The van der Waals surface area contributed by atoms with Crippen LogP contribution >= 0.6 is 0 Å². The molecule has 0 aromatic heterocycles. The summed E-state index contributed by atoms with van der Waals surface area (Å²) in [5, 5.41) is 8.69. The van der Waals surface area contributed by atoms with Gasteiger partial charge in [0.2, 0.25) is 0 Å². The molecule has 4 aliphatic rings. The molecule has 1 aromatic rings. The number of fused-ring (bicyclic) bond motifs is 1. The van der Waals surface area contributed by atoms with Gasteiger partial charge in [-0.05, 0) is 94.4 Å². The van der Waals surface area contributed by atoms with E-state index in [4.69, 9.17) is 24.1 Å². The number of esters is 1. The van der Waals surface area contributed by atoms with Crippen LogP contribution in [0.15, 0.2) is 54.6 Å². The molecule has 6 heteroatoms. The van der Waals surface area contributed by atoms with E-state index in [0.717, 1.165) is 83.8 Å². The minimum absolute atomic E-state index is 0.0234. The molecule has 3 aliphatic heterocycles. The topological polar surface area (TPSA) is 74.2 Å². The number of allylic oxidation sites excluding steroid dienone is 3. The molecule has 2 unspecified atom stereocenters. The molecule has 0 bridgehead atoms. The summed E-state index contributed by atoms with van der Waals surface area (Å²) in [6, 6.07) is 10.6. The lowest BCUT2D eigenvalue weighted by Gasteiger charge is -2.27. The highest BCUT2D eigenvalue weighted by Crippen LogP contribution is 2.42. The standard InChI is InChI=1S/C29H40O4.C5H10O2/c1-22-21-27-26(13-7-2-3-8-14-28(30)33-27)25(22)19-18-24(32-29-15-9-10-20-31-29)17-16-23-11-5-4-6-12-23;6-5-3-1-2-4-7-5/h2,4-7,11-12,18-19,22,24-27,29H,3,8-10,13-17,20-21H2,1H3;5-6H,1-4H2/b7-2-,19-18+;/t22-,24+,25+,26-,27+,29?;/m1./s1. The SMILES string of the molecule is C[C@@H]1C[C@@H]2OC(=O)CCC/C=C\C[C@@H]2[C@H]1/C=C/[C@H](CCc1ccccc1)OC1CCCCO1.OC1CCCCO1. The number of benzene rings is 1. The average Bonchev–Trinajstić information content (AvgIpc) is 3.27. The van der Waals surface area contributed by atoms with Gasteiger partial charge < -0.3 is 24.1 Å². The van der Waals surface area contributed by atoms with E-state index in [1.807, 2.05) is 0 Å². The van der Waals surface area contributed by atoms with E-state index in [-0.39, 0.29) is 24.5 Å². The Morgan fingerprint density at radius 3 is 2.52 bits per heavy atom. The molecule has 2 saturated heterocycles. The van der Waals surface area contributed by atoms with E-state index in [0.29, 0.717) is 24.2 Å². The predicted octanol–water partition coefficient (Wildman–Crippen LogP) is 6.91. The molecule has 3 fully saturated rings. The summed E-state index contributed by atoms with van der Waals surface area (Å²) in [6.07, 6.45) is 21.2. The van der Waals surface area contributed by atoms with Crippen LogP contribution in [0.3, 0.4) is 0 Å². The molecule has 0 radical (unpaired) electrons. The van der Waals surface area contributed by atoms with E-state index < -0.39 is 6.29 Å². The van der Waals surface area contributed by atoms with Gasteiger partial charge in [0, 0.05) is 25.6 Å². The lowest BCUT2D eigenvalue weighted by molar-refractivity contribution is -0.179. The number of carbonyl (C=O) groups excluding carboxylic acids is 1. The molecule has 5 rings (SSSR count). The fourth-order valence-corrected chi connectivity index (χ4v) is 6.26. The second-order valence-electron chi connectivity index (χ2n) is 11.8. The first-order chi connectivity index (χ1) is 19.6. The molecular weight excluding hydrogens is 504 g/mol. The summed E-state index contributed by atoms with van der Waals surface area (Å²) in [4.78, 5) is 12.3. The van der Waals surface area contributed by atoms with E-state index >= 15 is 0 Å². The van der Waals surface area contributed by atoms with Crippen molar-refractivity contribution in [3.05, 3.63) is 60.2 Å². The monoisotopic (exact) mass is 554 g/mol. The number of rotatable bonds is 7. The number of carbonyl (C=O) groups is 1. The van der Waals surface area contributed by atoms with Gasteiger partial charge in [0.05, 0.1) is 6.10 Å². The molecule has 1 saturated carbocycles. The zero-order valence-corrected chi connectivity index (χ0v) is 24.3. The smallest absolute Gasteiger partial charge is 0.306 e. The van der Waals surface area contributed by atoms with E-state index in [1.165, 1.54) is 12.0 Å². The van der Waals surface area contributed by atoms with E-state index in [1.54, 1.807) is 0 Å². The van der Waals surface area contributed by atoms with Crippen molar-refractivity contribution >= 4 is 5.97 Å². The molecule has 0 spiro atoms. The van der Waals surface area contributed by atoms with Crippen molar-refractivity contribution in [2.75, 3.05) is 13.2 Å². The minimum atomic E-state index is -0.464. The van der Waals surface area contributed by atoms with Gasteiger partial charge in [0.25, 0.3) is 0 Å². The van der Waals surface area contributed by atoms with Crippen LogP contribution in [0.25, 0.3) is 0 Å². The number of aliphatic hydroxyl groups is 1. The van der Waals surface area contributed by atoms with Crippen LogP contribution in [-0.4, -0.2) is 49.1 Å². The van der Waals surface area contributed by atoms with Crippen molar-refractivity contribution < 1.29 is 28.8 Å². The van der Waals surface area contributed by atoms with Gasteiger partial charge in [-0.1, -0.05) is 61.6 Å². The summed E-state index contributed by atoms with van der Waals surface area (Å²) in [5.74, 6) is 1.19. The first kappa shape index (κ1) is 31.0. The zero-order chi connectivity index (χ0) is 28.0. The highest BCUT2D eigenvalue weighted by Gasteiger charge is 2.41. The normalized spacial score (nSPS) is 32.8. The van der Waals surface area contributed by atoms with Crippen molar-refractivity contribution in [3.63, 3.8) is 0 Å². The summed E-state index contributed by atoms with van der Waals surface area (Å²) >= 11 is 0. The summed E-state index contributed by atoms with van der Waals surface area (Å²) in [7, 11) is 0. The van der Waals surface area contributed by atoms with Crippen LogP contribution in [0.5, 0.6) is 0 Å². The molecule has 0 amide bonds. The highest BCUT2D eigenvalue weighted by molar-refractivity contribution is 5.69. The Morgan fingerprint density at radius 2 is 1.82 bits per heavy atom. The first-order valence-corrected chi connectivity index (χ1v) is 15.7. The fourth-order valence-electron chi connectivity index (χ4n) is 6.26. The second-order valence-corrected chi connectivity index (χ2v) is 11.8. The van der Waals surface area contributed by atoms with Crippen LogP contribution in [0, 0.1) is 17.8 Å². The number of aryl methyl sites for hydroxylation is 1. The van der Waals surface area contributed by atoms with Crippen molar-refractivity contribution in [1.29, 1.82) is 0 Å². The molecule has 222 valence electrons. The minimum Gasteiger partial charge on any atom is -0.462 e. The van der Waals surface area contributed by atoms with Gasteiger partial charge >= 0.3 is 5.97 Å². The summed E-state index contributed by atoms with van der Waals surface area (Å²) in [6.45, 7) is 3.82. The number of hydrogen-bond donors (Lipinski definition) is 1. The van der Waals surface area contributed by atoms with Crippen LogP contribution in [0.1, 0.15) is 89.5 Å². The Hall–Kier alpha value is -1.99. The number of aliphatic hydroxyl groups excluding tert-OH is 1. The molecule has 6 nitrogen and oxygen atoms in total. The summed E-state index contributed by atoms with van der Waals surface area (Å²) < 4.78 is 23.1. The lowest BCUT2D eigenvalue weighted by Crippen LogP contribution is -2.28. The molecule has 1 N–H and O–H groups in total. The van der Waals surface area contributed by atoms with Crippen LogP contribution in [-0.2, 0) is 30.2 Å². The molecule has 1 aliphatic carbocycles. The number of hydrogen-bond acceptors (Lipinski definition) is 6. The maximum Gasteiger partial charge on any atom is 0.306 e. The maximum absolute atomic E-state index is 12.3. The maximum atomic E-state index is 12.3. The van der Waals surface area contributed by atoms with Gasteiger partial charge in [-0.3, -0.25) is 4.79 Å². The van der Waals surface area contributed by atoms with Crippen molar-refractivity contribution in [2.24, 2.45) is 17.8 Å². The average molecular weight is 555 g/mol. The van der Waals surface area contributed by atoms with Crippen molar-refractivity contribution in [1.82, 2.24) is 0 Å². The van der Waals surface area contributed by atoms with E-state index in [9.17, 15) is 4.79 Å². The third kappa shape index (κ3) is 10.4. The Morgan fingerprint density at radius 1 is 1.02 bits per heavy atom. The highest BCUT2D eigenvalue weighted by atomic mass is 16.7. The first-order valence-electron chi connectivity index (χ1n) is 15.7. The fraction of sp³-hybridized carbons (Fsp3) is 0.676. The zero-order valence-electron chi connectivity index (χ0n) is 24.3. The lowest BCUT2D eigenvalue weighted by atomic mass is 9.86. The van der Waals surface area contributed by atoms with Crippen LogP contribution in [0.2, 0.25) is 0 Å². The van der Waals surface area contributed by atoms with Gasteiger partial charge in [-0.25, -0.2) is 0 Å². The van der Waals surface area contributed by atoms with Gasteiger partial charge in [-0.15, -0.1) is 0 Å². The van der Waals surface area contributed by atoms with Gasteiger partial charge in [0.15, 0.2) is 12.6 Å². The van der Waals surface area contributed by atoms with Crippen LogP contribution < -0.4 is 0 Å². The summed E-state index contributed by atoms with van der Waals surface area (Å²) in [5.41, 5.74) is 1.34. The largest absolute Gasteiger partial charge is 0.462 e. The van der Waals surface area contributed by atoms with Crippen molar-refractivity contribution in [3.8, 4) is 0 Å². The second kappa shape index (κ2) is 17.1. The molecule has 1 aromatic carbocycles. The number of ether oxygens (including phenoxy) is 4. The Balaban J connectivity index is 0.000000461. The third-order valence-electron chi connectivity index (χ3n) is 8.57. The van der Waals surface area contributed by atoms with Crippen molar-refractivity contribution in [2.45, 2.75) is 115 Å². The van der Waals surface area contributed by atoms with E-state index in [2.05, 4.69) is 61.6 Å². The van der Waals surface area contributed by atoms with Gasteiger partial charge in [0.1, 0.15) is 6.10 Å². The molecular formula is C34H50O6. The Labute approximate surface area is 241 Å². The molecule has 3 heterocycles. The quantitative estimate of drug-likeness (QED) is 0.292. The Bertz CT molecular complexity index is 902. The molecule has 40 heavy (non-hydrogen) atoms. The van der Waals surface area contributed by atoms with Crippen LogP contribution in [0.4, 0.5) is 0 Å². The Kier molecular flexibility index (Phi) is 13.2. The third-order valence-corrected chi connectivity index (χ3v) is 8.57. The molecule has 7 atom stereocenters. The van der Waals surface area contributed by atoms with Gasteiger partial charge in [-0.2, -0.15) is 0 Å². The predicted molar refractivity (Wildman–Crippen MR) is 156 cm³/mol.